The Morgan fingerprint density at radius 3 is 3.07 bits per heavy atom. The Balaban J connectivity index is 2.06. The SMILES string of the molecule is NCCCNc1cc(=O)[nH]c(C2CC2)n1. The summed E-state index contributed by atoms with van der Waals surface area (Å²) in [6.07, 6.45) is 3.15. The Kier molecular flexibility index (Phi) is 3.01. The molecule has 1 fully saturated rings. The van der Waals surface area contributed by atoms with Crippen LogP contribution in [0.2, 0.25) is 0 Å². The Morgan fingerprint density at radius 2 is 2.40 bits per heavy atom. The van der Waals surface area contributed by atoms with Crippen LogP contribution in [0.15, 0.2) is 10.9 Å². The molecule has 0 amide bonds. The van der Waals surface area contributed by atoms with Crippen LogP contribution >= 0.6 is 0 Å². The average Bonchev–Trinajstić information content (AvgIpc) is 3.00. The summed E-state index contributed by atoms with van der Waals surface area (Å²) in [4.78, 5) is 18.4. The summed E-state index contributed by atoms with van der Waals surface area (Å²) in [5.74, 6) is 1.95. The highest BCUT2D eigenvalue weighted by molar-refractivity contribution is 5.33. The predicted molar refractivity (Wildman–Crippen MR) is 59.0 cm³/mol. The van der Waals surface area contributed by atoms with Crippen molar-refractivity contribution in [3.05, 3.63) is 22.2 Å². The molecule has 15 heavy (non-hydrogen) atoms. The van der Waals surface area contributed by atoms with Gasteiger partial charge in [0.25, 0.3) is 5.56 Å². The van der Waals surface area contributed by atoms with Gasteiger partial charge in [-0.3, -0.25) is 4.79 Å². The summed E-state index contributed by atoms with van der Waals surface area (Å²) in [6, 6.07) is 1.49. The summed E-state index contributed by atoms with van der Waals surface area (Å²) < 4.78 is 0. The van der Waals surface area contributed by atoms with E-state index in [0.717, 1.165) is 31.6 Å². The molecular formula is C10H16N4O. The Labute approximate surface area is 88.1 Å². The van der Waals surface area contributed by atoms with Gasteiger partial charge < -0.3 is 16.0 Å². The van der Waals surface area contributed by atoms with E-state index in [0.29, 0.717) is 18.3 Å². The third kappa shape index (κ3) is 2.79. The van der Waals surface area contributed by atoms with Crippen LogP contribution in [-0.2, 0) is 0 Å². The number of aromatic nitrogens is 2. The van der Waals surface area contributed by atoms with E-state index in [2.05, 4.69) is 15.3 Å². The van der Waals surface area contributed by atoms with Gasteiger partial charge in [0.1, 0.15) is 11.6 Å². The molecule has 1 heterocycles. The zero-order valence-electron chi connectivity index (χ0n) is 8.62. The highest BCUT2D eigenvalue weighted by Crippen LogP contribution is 2.37. The molecule has 0 spiro atoms. The van der Waals surface area contributed by atoms with Crippen molar-refractivity contribution in [2.24, 2.45) is 5.73 Å². The second-order valence-electron chi connectivity index (χ2n) is 3.86. The number of rotatable bonds is 5. The zero-order valence-corrected chi connectivity index (χ0v) is 8.62. The van der Waals surface area contributed by atoms with Gasteiger partial charge in [0.2, 0.25) is 0 Å². The molecular weight excluding hydrogens is 192 g/mol. The average molecular weight is 208 g/mol. The highest BCUT2D eigenvalue weighted by atomic mass is 16.1. The topological polar surface area (TPSA) is 83.8 Å². The van der Waals surface area contributed by atoms with Gasteiger partial charge in [-0.2, -0.15) is 0 Å². The molecule has 4 N–H and O–H groups in total. The first-order valence-electron chi connectivity index (χ1n) is 5.35. The smallest absolute Gasteiger partial charge is 0.252 e. The first-order chi connectivity index (χ1) is 7.29. The molecule has 1 aliphatic rings. The van der Waals surface area contributed by atoms with Gasteiger partial charge in [-0.15, -0.1) is 0 Å². The Hall–Kier alpha value is -1.36. The van der Waals surface area contributed by atoms with Crippen molar-refractivity contribution in [3.8, 4) is 0 Å². The first kappa shape index (κ1) is 10.2. The lowest BCUT2D eigenvalue weighted by Crippen LogP contribution is -2.15. The van der Waals surface area contributed by atoms with Crippen LogP contribution in [0, 0.1) is 0 Å². The fourth-order valence-electron chi connectivity index (χ4n) is 1.44. The number of nitrogens with zero attached hydrogens (tertiary/aromatic N) is 1. The molecule has 0 unspecified atom stereocenters. The molecule has 5 nitrogen and oxygen atoms in total. The monoisotopic (exact) mass is 208 g/mol. The molecule has 1 saturated carbocycles. The van der Waals surface area contributed by atoms with Crippen LogP contribution in [-0.4, -0.2) is 23.1 Å². The quantitative estimate of drug-likeness (QED) is 0.612. The van der Waals surface area contributed by atoms with E-state index < -0.39 is 0 Å². The van der Waals surface area contributed by atoms with Gasteiger partial charge in [0.05, 0.1) is 0 Å². The van der Waals surface area contributed by atoms with Crippen molar-refractivity contribution >= 4 is 5.82 Å². The molecule has 0 atom stereocenters. The third-order valence-electron chi connectivity index (χ3n) is 2.41. The number of anilines is 1. The molecule has 0 saturated heterocycles. The fraction of sp³-hybridized carbons (Fsp3) is 0.600. The van der Waals surface area contributed by atoms with Gasteiger partial charge in [0, 0.05) is 18.5 Å². The van der Waals surface area contributed by atoms with Crippen molar-refractivity contribution in [1.29, 1.82) is 0 Å². The Bertz CT molecular complexity index is 383. The van der Waals surface area contributed by atoms with Crippen molar-refractivity contribution in [2.45, 2.75) is 25.2 Å². The molecule has 82 valence electrons. The van der Waals surface area contributed by atoms with Crippen LogP contribution in [0.25, 0.3) is 0 Å². The molecule has 0 bridgehead atoms. The lowest BCUT2D eigenvalue weighted by molar-refractivity contribution is 0.856. The van der Waals surface area contributed by atoms with Crippen LogP contribution in [0.3, 0.4) is 0 Å². The molecule has 0 aliphatic heterocycles. The molecule has 2 rings (SSSR count). The van der Waals surface area contributed by atoms with Crippen molar-refractivity contribution in [1.82, 2.24) is 9.97 Å². The van der Waals surface area contributed by atoms with Gasteiger partial charge in [-0.25, -0.2) is 4.98 Å². The second kappa shape index (κ2) is 4.44. The fourth-order valence-corrected chi connectivity index (χ4v) is 1.44. The van der Waals surface area contributed by atoms with Gasteiger partial charge >= 0.3 is 0 Å². The van der Waals surface area contributed by atoms with E-state index >= 15 is 0 Å². The number of H-pyrrole nitrogens is 1. The largest absolute Gasteiger partial charge is 0.370 e. The molecule has 1 aliphatic carbocycles. The van der Waals surface area contributed by atoms with Gasteiger partial charge in [-0.05, 0) is 25.8 Å². The number of hydrogen-bond acceptors (Lipinski definition) is 4. The van der Waals surface area contributed by atoms with E-state index in [1.807, 2.05) is 0 Å². The summed E-state index contributed by atoms with van der Waals surface area (Å²) in [7, 11) is 0. The van der Waals surface area contributed by atoms with E-state index in [9.17, 15) is 4.79 Å². The lowest BCUT2D eigenvalue weighted by atomic mass is 10.4. The van der Waals surface area contributed by atoms with Crippen molar-refractivity contribution in [2.75, 3.05) is 18.4 Å². The summed E-state index contributed by atoms with van der Waals surface area (Å²) in [5.41, 5.74) is 5.30. The Morgan fingerprint density at radius 1 is 1.60 bits per heavy atom. The number of aromatic amines is 1. The van der Waals surface area contributed by atoms with Crippen LogP contribution in [0.4, 0.5) is 5.82 Å². The second-order valence-corrected chi connectivity index (χ2v) is 3.86. The lowest BCUT2D eigenvalue weighted by Gasteiger charge is -2.05. The van der Waals surface area contributed by atoms with Crippen molar-refractivity contribution < 1.29 is 0 Å². The molecule has 0 radical (unpaired) electrons. The molecule has 0 aromatic carbocycles. The maximum absolute atomic E-state index is 11.3. The van der Waals surface area contributed by atoms with Gasteiger partial charge in [0.15, 0.2) is 0 Å². The minimum absolute atomic E-state index is 0.0813. The van der Waals surface area contributed by atoms with E-state index in [1.165, 1.54) is 6.07 Å². The van der Waals surface area contributed by atoms with Crippen LogP contribution in [0.5, 0.6) is 0 Å². The standard InChI is InChI=1S/C10H16N4O/c11-4-1-5-12-8-6-9(15)14-10(13-8)7-2-3-7/h6-7H,1-5,11H2,(H2,12,13,14,15). The summed E-state index contributed by atoms with van der Waals surface area (Å²) in [6.45, 7) is 1.41. The normalized spacial score (nSPS) is 15.3. The van der Waals surface area contributed by atoms with Crippen LogP contribution in [0.1, 0.15) is 31.0 Å². The van der Waals surface area contributed by atoms with E-state index in [-0.39, 0.29) is 5.56 Å². The van der Waals surface area contributed by atoms with Gasteiger partial charge in [-0.1, -0.05) is 0 Å². The minimum atomic E-state index is -0.0813. The number of nitrogens with one attached hydrogen (secondary N) is 2. The molecule has 5 heteroatoms. The van der Waals surface area contributed by atoms with Crippen molar-refractivity contribution in [3.63, 3.8) is 0 Å². The summed E-state index contributed by atoms with van der Waals surface area (Å²) in [5, 5.41) is 3.10. The first-order valence-corrected chi connectivity index (χ1v) is 5.35. The van der Waals surface area contributed by atoms with E-state index in [4.69, 9.17) is 5.73 Å². The van der Waals surface area contributed by atoms with Crippen LogP contribution < -0.4 is 16.6 Å². The molecule has 1 aromatic heterocycles. The maximum atomic E-state index is 11.3. The number of nitrogens with two attached hydrogens (primary N) is 1. The summed E-state index contributed by atoms with van der Waals surface area (Å²) >= 11 is 0. The minimum Gasteiger partial charge on any atom is -0.370 e. The van der Waals surface area contributed by atoms with E-state index in [1.54, 1.807) is 0 Å². The predicted octanol–water partition coefficient (Wildman–Crippen LogP) is 0.408. The molecule has 1 aromatic rings. The number of hydrogen-bond donors (Lipinski definition) is 3. The highest BCUT2D eigenvalue weighted by Gasteiger charge is 2.26. The third-order valence-corrected chi connectivity index (χ3v) is 2.41. The zero-order chi connectivity index (χ0) is 10.7. The maximum Gasteiger partial charge on any atom is 0.252 e.